The summed E-state index contributed by atoms with van der Waals surface area (Å²) in [6.07, 6.45) is 1.85. The lowest BCUT2D eigenvalue weighted by Gasteiger charge is -2.39. The molecular formula is C9H19NO2. The Morgan fingerprint density at radius 2 is 1.67 bits per heavy atom. The topological polar surface area (TPSA) is 43.7 Å². The molecule has 0 radical (unpaired) electrons. The van der Waals surface area contributed by atoms with Crippen molar-refractivity contribution in [3.63, 3.8) is 0 Å². The molecule has 0 atom stereocenters. The minimum absolute atomic E-state index is 0.126. The summed E-state index contributed by atoms with van der Waals surface area (Å²) in [5, 5.41) is 18.2. The Bertz CT molecular complexity index is 124. The molecule has 0 aromatic heterocycles. The predicted octanol–water partition coefficient (Wildman–Crippen LogP) is 0.0731. The number of nitrogens with zero attached hydrogens (tertiary/aromatic N) is 1. The van der Waals surface area contributed by atoms with Gasteiger partial charge in [-0.1, -0.05) is 6.92 Å². The first kappa shape index (κ1) is 9.96. The molecule has 1 aliphatic rings. The van der Waals surface area contributed by atoms with Crippen molar-refractivity contribution in [2.45, 2.75) is 19.8 Å². The monoisotopic (exact) mass is 173 g/mol. The third kappa shape index (κ3) is 1.97. The van der Waals surface area contributed by atoms with Gasteiger partial charge < -0.3 is 15.1 Å². The van der Waals surface area contributed by atoms with E-state index in [0.29, 0.717) is 0 Å². The van der Waals surface area contributed by atoms with Crippen LogP contribution >= 0.6 is 0 Å². The number of likely N-dealkylation sites (tertiary alicyclic amines) is 1. The molecule has 2 N–H and O–H groups in total. The van der Waals surface area contributed by atoms with Crippen LogP contribution in [0.25, 0.3) is 0 Å². The zero-order chi connectivity index (χ0) is 9.03. The van der Waals surface area contributed by atoms with E-state index in [2.05, 4.69) is 11.8 Å². The maximum Gasteiger partial charge on any atom is 0.0510 e. The molecule has 0 unspecified atom stereocenters. The first-order valence-electron chi connectivity index (χ1n) is 4.70. The van der Waals surface area contributed by atoms with Gasteiger partial charge in [-0.05, 0) is 32.5 Å². The van der Waals surface area contributed by atoms with E-state index in [9.17, 15) is 0 Å². The third-order valence-corrected chi connectivity index (χ3v) is 3.03. The van der Waals surface area contributed by atoms with E-state index in [4.69, 9.17) is 10.2 Å². The summed E-state index contributed by atoms with van der Waals surface area (Å²) >= 11 is 0. The Labute approximate surface area is 74.0 Å². The Morgan fingerprint density at radius 3 is 2.00 bits per heavy atom. The Balaban J connectivity index is 2.42. The van der Waals surface area contributed by atoms with Gasteiger partial charge in [0.1, 0.15) is 0 Å². The summed E-state index contributed by atoms with van der Waals surface area (Å²) < 4.78 is 0. The molecule has 1 saturated heterocycles. The molecule has 3 nitrogen and oxygen atoms in total. The van der Waals surface area contributed by atoms with Crippen molar-refractivity contribution < 1.29 is 10.2 Å². The van der Waals surface area contributed by atoms with E-state index in [0.717, 1.165) is 32.5 Å². The van der Waals surface area contributed by atoms with Gasteiger partial charge in [-0.15, -0.1) is 0 Å². The van der Waals surface area contributed by atoms with Crippen LogP contribution in [0.4, 0.5) is 0 Å². The lowest BCUT2D eigenvalue weighted by atomic mass is 9.80. The summed E-state index contributed by atoms with van der Waals surface area (Å²) in [5.41, 5.74) is -0.189. The fourth-order valence-electron chi connectivity index (χ4n) is 1.71. The molecule has 1 rings (SSSR count). The Hall–Kier alpha value is -0.120. The van der Waals surface area contributed by atoms with Crippen LogP contribution in [0.2, 0.25) is 0 Å². The number of aliphatic hydroxyl groups excluding tert-OH is 2. The molecule has 1 fully saturated rings. The van der Waals surface area contributed by atoms with Crippen LogP contribution in [0, 0.1) is 5.41 Å². The number of rotatable bonds is 3. The first-order chi connectivity index (χ1) is 5.76. The SMILES string of the molecule is CCN1CCC(CO)(CO)CC1. The summed E-state index contributed by atoms with van der Waals surface area (Å²) in [7, 11) is 0. The molecule has 1 heterocycles. The van der Waals surface area contributed by atoms with Crippen LogP contribution < -0.4 is 0 Å². The highest BCUT2D eigenvalue weighted by Crippen LogP contribution is 2.29. The average molecular weight is 173 g/mol. The van der Waals surface area contributed by atoms with Crippen molar-refractivity contribution >= 4 is 0 Å². The summed E-state index contributed by atoms with van der Waals surface area (Å²) in [4.78, 5) is 2.35. The van der Waals surface area contributed by atoms with E-state index < -0.39 is 0 Å². The summed E-state index contributed by atoms with van der Waals surface area (Å²) in [6.45, 7) is 5.50. The van der Waals surface area contributed by atoms with Crippen molar-refractivity contribution in [2.24, 2.45) is 5.41 Å². The molecule has 72 valence electrons. The van der Waals surface area contributed by atoms with Gasteiger partial charge in [-0.3, -0.25) is 0 Å². The Kier molecular flexibility index (Phi) is 3.50. The fourth-order valence-corrected chi connectivity index (χ4v) is 1.71. The predicted molar refractivity (Wildman–Crippen MR) is 48.0 cm³/mol. The largest absolute Gasteiger partial charge is 0.396 e. The van der Waals surface area contributed by atoms with Crippen molar-refractivity contribution in [3.05, 3.63) is 0 Å². The fraction of sp³-hybridized carbons (Fsp3) is 1.00. The molecule has 0 aliphatic carbocycles. The van der Waals surface area contributed by atoms with Gasteiger partial charge in [0.05, 0.1) is 13.2 Å². The zero-order valence-corrected chi connectivity index (χ0v) is 7.79. The van der Waals surface area contributed by atoms with E-state index in [1.165, 1.54) is 0 Å². The molecule has 0 aromatic rings. The zero-order valence-electron chi connectivity index (χ0n) is 7.79. The van der Waals surface area contributed by atoms with Gasteiger partial charge in [-0.25, -0.2) is 0 Å². The molecule has 0 spiro atoms. The number of hydrogen-bond acceptors (Lipinski definition) is 3. The van der Waals surface area contributed by atoms with Crippen LogP contribution in [-0.2, 0) is 0 Å². The minimum Gasteiger partial charge on any atom is -0.396 e. The van der Waals surface area contributed by atoms with Gasteiger partial charge in [0, 0.05) is 5.41 Å². The molecule has 12 heavy (non-hydrogen) atoms. The number of piperidine rings is 1. The van der Waals surface area contributed by atoms with E-state index in [1.807, 2.05) is 0 Å². The van der Waals surface area contributed by atoms with Crippen molar-refractivity contribution in [1.82, 2.24) is 4.90 Å². The van der Waals surface area contributed by atoms with Crippen LogP contribution in [0.1, 0.15) is 19.8 Å². The van der Waals surface area contributed by atoms with E-state index >= 15 is 0 Å². The highest BCUT2D eigenvalue weighted by atomic mass is 16.3. The smallest absolute Gasteiger partial charge is 0.0510 e. The molecule has 0 saturated carbocycles. The lowest BCUT2D eigenvalue weighted by Crippen LogP contribution is -2.43. The standard InChI is InChI=1S/C9H19NO2/c1-2-10-5-3-9(7-11,8-12)4-6-10/h11-12H,2-8H2,1H3. The molecule has 0 amide bonds. The van der Waals surface area contributed by atoms with Gasteiger partial charge >= 0.3 is 0 Å². The number of aliphatic hydroxyl groups is 2. The second-order valence-electron chi connectivity index (χ2n) is 3.75. The van der Waals surface area contributed by atoms with Crippen LogP contribution in [0.15, 0.2) is 0 Å². The van der Waals surface area contributed by atoms with E-state index in [-0.39, 0.29) is 18.6 Å². The highest BCUT2D eigenvalue weighted by molar-refractivity contribution is 4.84. The normalized spacial score (nSPS) is 24.2. The second-order valence-corrected chi connectivity index (χ2v) is 3.75. The average Bonchev–Trinajstić information content (AvgIpc) is 2.18. The summed E-state index contributed by atoms with van der Waals surface area (Å²) in [6, 6.07) is 0. The van der Waals surface area contributed by atoms with Crippen LogP contribution in [0.3, 0.4) is 0 Å². The Morgan fingerprint density at radius 1 is 1.17 bits per heavy atom. The van der Waals surface area contributed by atoms with Crippen molar-refractivity contribution in [2.75, 3.05) is 32.8 Å². The molecular weight excluding hydrogens is 154 g/mol. The van der Waals surface area contributed by atoms with E-state index in [1.54, 1.807) is 0 Å². The first-order valence-corrected chi connectivity index (χ1v) is 4.70. The molecule has 0 aromatic carbocycles. The third-order valence-electron chi connectivity index (χ3n) is 3.03. The lowest BCUT2D eigenvalue weighted by molar-refractivity contribution is -0.0000842. The minimum atomic E-state index is -0.189. The van der Waals surface area contributed by atoms with Crippen molar-refractivity contribution in [1.29, 1.82) is 0 Å². The summed E-state index contributed by atoms with van der Waals surface area (Å²) in [5.74, 6) is 0. The highest BCUT2D eigenvalue weighted by Gasteiger charge is 2.32. The van der Waals surface area contributed by atoms with Crippen molar-refractivity contribution in [3.8, 4) is 0 Å². The molecule has 0 bridgehead atoms. The molecule has 1 aliphatic heterocycles. The quantitative estimate of drug-likeness (QED) is 0.635. The van der Waals surface area contributed by atoms with Gasteiger partial charge in [0.2, 0.25) is 0 Å². The van der Waals surface area contributed by atoms with Crippen LogP contribution in [-0.4, -0.2) is 48.0 Å². The molecule has 3 heteroatoms. The number of hydrogen-bond donors (Lipinski definition) is 2. The van der Waals surface area contributed by atoms with Gasteiger partial charge in [0.15, 0.2) is 0 Å². The maximum atomic E-state index is 9.12. The van der Waals surface area contributed by atoms with Crippen LogP contribution in [0.5, 0.6) is 0 Å². The second kappa shape index (κ2) is 4.21. The maximum absolute atomic E-state index is 9.12. The van der Waals surface area contributed by atoms with Gasteiger partial charge in [0.25, 0.3) is 0 Å². The van der Waals surface area contributed by atoms with Gasteiger partial charge in [-0.2, -0.15) is 0 Å².